The van der Waals surface area contributed by atoms with E-state index in [0.29, 0.717) is 58.9 Å². The molecule has 2 aromatic rings. The number of nitrogens with zero attached hydrogens (tertiary/aromatic N) is 6. The Morgan fingerprint density at radius 3 is 1.46 bits per heavy atom. The summed E-state index contributed by atoms with van der Waals surface area (Å²) < 4.78 is 2.48. The molecule has 81 heavy (non-hydrogen) atoms. The highest BCUT2D eigenvalue weighted by molar-refractivity contribution is 6.03. The number of carbonyl (C=O) groups is 4. The third kappa shape index (κ3) is 22.5. The summed E-state index contributed by atoms with van der Waals surface area (Å²) in [5, 5.41) is 32.0. The third-order valence-corrected chi connectivity index (χ3v) is 17.0. The number of hydrogen-bond donors (Lipinski definition) is 4. The predicted molar refractivity (Wildman–Crippen MR) is 331 cm³/mol. The van der Waals surface area contributed by atoms with Gasteiger partial charge in [-0.15, -0.1) is 0 Å². The molecule has 1 saturated heterocycles. The van der Waals surface area contributed by atoms with E-state index in [1.54, 1.807) is 14.7 Å². The van der Waals surface area contributed by atoms with Gasteiger partial charge in [0.15, 0.2) is 5.71 Å². The molecule has 14 nitrogen and oxygen atoms in total. The van der Waals surface area contributed by atoms with E-state index >= 15 is 0 Å². The molecule has 450 valence electrons. The van der Waals surface area contributed by atoms with Gasteiger partial charge < -0.3 is 25.5 Å². The molecule has 3 aliphatic rings. The zero-order valence-corrected chi connectivity index (χ0v) is 51.0. The summed E-state index contributed by atoms with van der Waals surface area (Å²) in [4.78, 5) is 58.8. The van der Waals surface area contributed by atoms with Crippen molar-refractivity contribution in [2.75, 3.05) is 96.5 Å². The van der Waals surface area contributed by atoms with Crippen molar-refractivity contribution in [2.24, 2.45) is 0 Å². The minimum absolute atomic E-state index is 0.0602. The normalized spacial score (nSPS) is 18.0. The topological polar surface area (TPSA) is 160 Å². The minimum Gasteiger partial charge on any atom is -0.480 e. The average molecular weight is 1120 g/mol. The second-order valence-corrected chi connectivity index (χ2v) is 24.4. The Labute approximate surface area is 488 Å². The fourth-order valence-corrected chi connectivity index (χ4v) is 12.3. The van der Waals surface area contributed by atoms with Crippen molar-refractivity contribution in [3.8, 4) is 0 Å². The van der Waals surface area contributed by atoms with E-state index in [1.165, 1.54) is 156 Å². The molecule has 0 atom stereocenters. The summed E-state index contributed by atoms with van der Waals surface area (Å²) in [7, 11) is 0. The lowest BCUT2D eigenvalue weighted by atomic mass is 9.81. The lowest BCUT2D eigenvalue weighted by Crippen LogP contribution is -2.49. The number of rotatable bonds is 36. The second-order valence-electron chi connectivity index (χ2n) is 24.4. The first kappa shape index (κ1) is 66.6. The van der Waals surface area contributed by atoms with Crippen LogP contribution in [0.3, 0.4) is 0 Å². The van der Waals surface area contributed by atoms with Crippen LogP contribution in [0.1, 0.15) is 193 Å². The number of carbonyl (C=O) groups excluding carboxylic acids is 1. The molecule has 0 bridgehead atoms. The summed E-state index contributed by atoms with van der Waals surface area (Å²) in [6.07, 6.45) is 39.4. The van der Waals surface area contributed by atoms with Crippen LogP contribution >= 0.6 is 0 Å². The zero-order valence-electron chi connectivity index (χ0n) is 51.0. The van der Waals surface area contributed by atoms with Crippen LogP contribution in [0.25, 0.3) is 0 Å². The van der Waals surface area contributed by atoms with Crippen LogP contribution < -0.4 is 10.2 Å². The molecule has 1 amide bonds. The molecule has 0 unspecified atom stereocenters. The van der Waals surface area contributed by atoms with E-state index < -0.39 is 17.9 Å². The Bertz CT molecular complexity index is 2360. The number of carboxylic acids is 3. The fraction of sp³-hybridized carbons (Fsp3) is 0.657. The first-order valence-electron chi connectivity index (χ1n) is 31.6. The first-order valence-corrected chi connectivity index (χ1v) is 31.6. The van der Waals surface area contributed by atoms with Crippen LogP contribution in [0.15, 0.2) is 78.5 Å². The van der Waals surface area contributed by atoms with E-state index in [4.69, 9.17) is 0 Å². The Morgan fingerprint density at radius 2 is 0.988 bits per heavy atom. The summed E-state index contributed by atoms with van der Waals surface area (Å²) in [5.74, 6) is -3.15. The number of aliphatic carboxylic acids is 3. The third-order valence-electron chi connectivity index (χ3n) is 17.0. The highest BCUT2D eigenvalue weighted by atomic mass is 16.4. The molecule has 5 rings (SSSR count). The predicted octanol–water partition coefficient (Wildman–Crippen LogP) is 12.2. The number of unbranched alkanes of at least 4 members (excludes halogenated alkanes) is 19. The van der Waals surface area contributed by atoms with E-state index in [0.717, 1.165) is 31.5 Å². The molecule has 2 aromatic carbocycles. The summed E-state index contributed by atoms with van der Waals surface area (Å²) in [5.41, 5.74) is 8.29. The standard InChI is InChI=1S/C67H105N7O7/c1-7-9-10-11-12-13-14-15-16-17-18-19-20-21-22-23-24-25-26-32-40-74-59-38-37-55(49-57(59)67(5,6)61(74)36-29-27-28-35-60-66(3,4)56-33-30-31-34-58(56)73(60)39-8-2)50-68-62(75)51-69-41-43-70(52-63(76)77)45-47-72(54-65(80)81)48-46-71(44-42-69)53-64(78)79/h27-31,33-38,49H,7-26,32,39-48,50-54H2,1-6H3,(H3-,68,75,76,77,78,79,80,81)/p+1. The van der Waals surface area contributed by atoms with Gasteiger partial charge in [0.2, 0.25) is 11.6 Å². The number of hydrogen-bond acceptors (Lipinski definition) is 9. The van der Waals surface area contributed by atoms with Gasteiger partial charge in [-0.1, -0.05) is 198 Å². The number of carboxylic acid groups (broad SMARTS) is 3. The van der Waals surface area contributed by atoms with Gasteiger partial charge >= 0.3 is 17.9 Å². The number of anilines is 1. The van der Waals surface area contributed by atoms with E-state index in [2.05, 4.69) is 129 Å². The zero-order chi connectivity index (χ0) is 58.5. The summed E-state index contributed by atoms with van der Waals surface area (Å²) in [6, 6.07) is 15.4. The Morgan fingerprint density at radius 1 is 0.531 bits per heavy atom. The molecular weight excluding hydrogens is 1010 g/mol. The summed E-state index contributed by atoms with van der Waals surface area (Å²) in [6.45, 7) is 18.2. The molecule has 0 aromatic heterocycles. The smallest absolute Gasteiger partial charge is 0.317 e. The number of fused-ring (bicyclic) bond motifs is 2. The maximum absolute atomic E-state index is 13.8. The second kappa shape index (κ2) is 35.8. The quantitative estimate of drug-likeness (QED) is 0.0291. The Balaban J connectivity index is 1.20. The van der Waals surface area contributed by atoms with Crippen LogP contribution in [-0.4, -0.2) is 161 Å². The lowest BCUT2D eigenvalue weighted by molar-refractivity contribution is -0.437. The largest absolute Gasteiger partial charge is 0.480 e. The molecule has 0 aliphatic carbocycles. The van der Waals surface area contributed by atoms with Crippen LogP contribution in [0, 0.1) is 0 Å². The van der Waals surface area contributed by atoms with Gasteiger partial charge in [-0.05, 0) is 43.5 Å². The monoisotopic (exact) mass is 1120 g/mol. The van der Waals surface area contributed by atoms with Gasteiger partial charge in [0.25, 0.3) is 0 Å². The highest BCUT2D eigenvalue weighted by Gasteiger charge is 2.44. The van der Waals surface area contributed by atoms with Crippen molar-refractivity contribution in [2.45, 2.75) is 194 Å². The number of allylic oxidation sites excluding steroid dienone is 6. The van der Waals surface area contributed by atoms with Crippen LogP contribution in [0.2, 0.25) is 0 Å². The van der Waals surface area contributed by atoms with Crippen molar-refractivity contribution in [1.82, 2.24) is 24.9 Å². The van der Waals surface area contributed by atoms with Crippen molar-refractivity contribution in [3.63, 3.8) is 0 Å². The van der Waals surface area contributed by atoms with Crippen molar-refractivity contribution >= 4 is 40.9 Å². The van der Waals surface area contributed by atoms with Crippen LogP contribution in [0.5, 0.6) is 0 Å². The van der Waals surface area contributed by atoms with Gasteiger partial charge in [0.05, 0.1) is 31.6 Å². The Kier molecular flexibility index (Phi) is 29.4. The minimum atomic E-state index is -1.00. The number of amides is 1. The Hall–Kier alpha value is -5.15. The molecule has 0 spiro atoms. The number of para-hydroxylation sites is 1. The molecule has 4 N–H and O–H groups in total. The molecule has 14 heteroatoms. The van der Waals surface area contributed by atoms with E-state index in [-0.39, 0.29) is 42.9 Å². The van der Waals surface area contributed by atoms with E-state index in [1.807, 2.05) is 4.90 Å². The maximum Gasteiger partial charge on any atom is 0.317 e. The van der Waals surface area contributed by atoms with Crippen molar-refractivity contribution < 1.29 is 39.1 Å². The average Bonchev–Trinajstić information content (AvgIpc) is 4.03. The number of benzene rings is 2. The molecule has 1 fully saturated rings. The first-order chi connectivity index (χ1) is 39.0. The van der Waals surface area contributed by atoms with Gasteiger partial charge in [-0.3, -0.25) is 38.8 Å². The van der Waals surface area contributed by atoms with Crippen LogP contribution in [-0.2, 0) is 36.6 Å². The van der Waals surface area contributed by atoms with Crippen molar-refractivity contribution in [3.05, 3.63) is 95.2 Å². The highest BCUT2D eigenvalue weighted by Crippen LogP contribution is 2.48. The molecule has 0 saturated carbocycles. The lowest BCUT2D eigenvalue weighted by Gasteiger charge is -2.32. The molecular formula is C67H106N7O7+. The van der Waals surface area contributed by atoms with Crippen LogP contribution in [0.4, 0.5) is 11.4 Å². The molecule has 0 radical (unpaired) electrons. The molecule has 3 heterocycles. The van der Waals surface area contributed by atoms with Crippen molar-refractivity contribution in [1.29, 1.82) is 0 Å². The number of nitrogens with one attached hydrogen (secondary N) is 1. The maximum atomic E-state index is 13.8. The van der Waals surface area contributed by atoms with Gasteiger partial charge in [-0.2, -0.15) is 4.58 Å². The summed E-state index contributed by atoms with van der Waals surface area (Å²) >= 11 is 0. The van der Waals surface area contributed by atoms with Gasteiger partial charge in [0, 0.05) is 106 Å². The SMILES string of the molecule is CCCCCCCCCCCCCCCCCCCCCCN1/C(=C/C=C/C=C/C2=[N+](CCC)c3ccccc3C2(C)C)C(C)(C)c2cc(CNC(=O)CN3CCN(CC(=O)O)CCN(CC(=O)O)CCN(CC(=O)O)CC3)ccc21. The fourth-order valence-electron chi connectivity index (χ4n) is 12.3. The van der Waals surface area contributed by atoms with Gasteiger partial charge in [-0.25, -0.2) is 0 Å². The van der Waals surface area contributed by atoms with E-state index in [9.17, 15) is 34.5 Å². The molecule has 3 aliphatic heterocycles. The van der Waals surface area contributed by atoms with Gasteiger partial charge in [0.1, 0.15) is 6.54 Å².